The van der Waals surface area contributed by atoms with Gasteiger partial charge in [-0.15, -0.1) is 0 Å². The van der Waals surface area contributed by atoms with E-state index in [1.165, 1.54) is 0 Å². The van der Waals surface area contributed by atoms with Crippen LogP contribution in [-0.4, -0.2) is 22.6 Å². The number of anilines is 1. The lowest BCUT2D eigenvalue weighted by atomic mass is 10.0. The Bertz CT molecular complexity index is 685. The van der Waals surface area contributed by atoms with Crippen LogP contribution in [0.2, 0.25) is 0 Å². The Labute approximate surface area is 123 Å². The van der Waals surface area contributed by atoms with E-state index in [1.807, 2.05) is 13.0 Å². The first-order valence-corrected chi connectivity index (χ1v) is 6.62. The van der Waals surface area contributed by atoms with Crippen LogP contribution in [0.15, 0.2) is 42.7 Å². The Balaban J connectivity index is 2.13. The third kappa shape index (κ3) is 4.16. The number of aromatic nitrogens is 1. The molecular weight excluding hydrogens is 264 g/mol. The van der Waals surface area contributed by atoms with Crippen molar-refractivity contribution in [1.29, 1.82) is 0 Å². The molecule has 4 heteroatoms. The summed E-state index contributed by atoms with van der Waals surface area (Å²) < 4.78 is 0. The van der Waals surface area contributed by atoms with E-state index >= 15 is 0 Å². The molecule has 0 saturated heterocycles. The summed E-state index contributed by atoms with van der Waals surface area (Å²) in [6.07, 6.45) is 3.70. The number of nitrogens with one attached hydrogen (secondary N) is 1. The molecule has 0 aliphatic carbocycles. The van der Waals surface area contributed by atoms with Crippen LogP contribution in [0.1, 0.15) is 27.9 Å². The number of aliphatic hydroxyl groups excluding tert-OH is 1. The summed E-state index contributed by atoms with van der Waals surface area (Å²) in [6.45, 7) is 1.96. The quantitative estimate of drug-likeness (QED) is 0.849. The highest BCUT2D eigenvalue weighted by molar-refractivity contribution is 6.04. The number of aliphatic hydroxyl groups is 1. The number of benzene rings is 1. The Morgan fingerprint density at radius 3 is 2.90 bits per heavy atom. The SMILES string of the molecule is Cc1cc(C(=O)Nc2cccnc2)ccc1C#CCCO. The Kier molecular flexibility index (Phi) is 5.08. The maximum atomic E-state index is 12.1. The number of rotatable bonds is 3. The monoisotopic (exact) mass is 280 g/mol. The fourth-order valence-electron chi connectivity index (χ4n) is 1.80. The van der Waals surface area contributed by atoms with Crippen molar-refractivity contribution in [2.24, 2.45) is 0 Å². The van der Waals surface area contributed by atoms with Crippen LogP contribution in [0, 0.1) is 18.8 Å². The highest BCUT2D eigenvalue weighted by Gasteiger charge is 2.07. The van der Waals surface area contributed by atoms with Crippen LogP contribution in [0.3, 0.4) is 0 Å². The second-order valence-electron chi connectivity index (χ2n) is 4.50. The van der Waals surface area contributed by atoms with Crippen LogP contribution in [-0.2, 0) is 0 Å². The van der Waals surface area contributed by atoms with Gasteiger partial charge in [-0.05, 0) is 42.8 Å². The van der Waals surface area contributed by atoms with E-state index in [0.29, 0.717) is 17.7 Å². The summed E-state index contributed by atoms with van der Waals surface area (Å²) in [5, 5.41) is 11.5. The van der Waals surface area contributed by atoms with Crippen molar-refractivity contribution in [3.8, 4) is 11.8 Å². The molecule has 0 aliphatic rings. The predicted octanol–water partition coefficient (Wildman–Crippen LogP) is 2.38. The van der Waals surface area contributed by atoms with Gasteiger partial charge in [0.2, 0.25) is 0 Å². The van der Waals surface area contributed by atoms with Crippen molar-refractivity contribution in [2.75, 3.05) is 11.9 Å². The summed E-state index contributed by atoms with van der Waals surface area (Å²) in [5.74, 6) is 5.67. The lowest BCUT2D eigenvalue weighted by molar-refractivity contribution is 0.102. The van der Waals surface area contributed by atoms with Crippen molar-refractivity contribution in [1.82, 2.24) is 4.98 Å². The number of nitrogens with zero attached hydrogens (tertiary/aromatic N) is 1. The summed E-state index contributed by atoms with van der Waals surface area (Å²) in [7, 11) is 0. The van der Waals surface area contributed by atoms with Gasteiger partial charge in [-0.1, -0.05) is 11.8 Å². The molecule has 21 heavy (non-hydrogen) atoms. The van der Waals surface area contributed by atoms with Crippen molar-refractivity contribution in [3.63, 3.8) is 0 Å². The molecule has 0 bridgehead atoms. The van der Waals surface area contributed by atoms with E-state index in [2.05, 4.69) is 22.1 Å². The zero-order valence-electron chi connectivity index (χ0n) is 11.8. The van der Waals surface area contributed by atoms with Gasteiger partial charge in [0.15, 0.2) is 0 Å². The molecule has 0 atom stereocenters. The van der Waals surface area contributed by atoms with Crippen LogP contribution in [0.4, 0.5) is 5.69 Å². The van der Waals surface area contributed by atoms with Crippen LogP contribution < -0.4 is 5.32 Å². The molecule has 1 heterocycles. The van der Waals surface area contributed by atoms with Gasteiger partial charge in [-0.25, -0.2) is 0 Å². The van der Waals surface area contributed by atoms with Gasteiger partial charge >= 0.3 is 0 Å². The van der Waals surface area contributed by atoms with Gasteiger partial charge in [0, 0.05) is 23.7 Å². The second kappa shape index (κ2) is 7.22. The van der Waals surface area contributed by atoms with Gasteiger partial charge in [-0.2, -0.15) is 0 Å². The van der Waals surface area contributed by atoms with E-state index in [-0.39, 0.29) is 12.5 Å². The summed E-state index contributed by atoms with van der Waals surface area (Å²) in [4.78, 5) is 16.1. The molecule has 0 radical (unpaired) electrons. The van der Waals surface area contributed by atoms with Gasteiger partial charge in [-0.3, -0.25) is 9.78 Å². The summed E-state index contributed by atoms with van der Waals surface area (Å²) in [6, 6.07) is 8.90. The standard InChI is InChI=1S/C17H16N2O2/c1-13-11-15(8-7-14(13)5-2-3-10-20)17(21)19-16-6-4-9-18-12-16/h4,6-9,11-12,20H,3,10H2,1H3,(H,19,21). The molecule has 2 aromatic rings. The number of pyridine rings is 1. The molecule has 0 aliphatic heterocycles. The molecule has 2 rings (SSSR count). The van der Waals surface area contributed by atoms with Crippen molar-refractivity contribution in [2.45, 2.75) is 13.3 Å². The number of hydrogen-bond donors (Lipinski definition) is 2. The first kappa shape index (κ1) is 14.8. The van der Waals surface area contributed by atoms with Gasteiger partial charge in [0.05, 0.1) is 18.5 Å². The first-order chi connectivity index (χ1) is 10.2. The minimum absolute atomic E-state index is 0.0532. The normalized spacial score (nSPS) is 9.62. The minimum atomic E-state index is -0.180. The first-order valence-electron chi connectivity index (χ1n) is 6.62. The average Bonchev–Trinajstić information content (AvgIpc) is 2.50. The lowest BCUT2D eigenvalue weighted by Gasteiger charge is -2.06. The van der Waals surface area contributed by atoms with Gasteiger partial charge < -0.3 is 10.4 Å². The van der Waals surface area contributed by atoms with E-state index < -0.39 is 0 Å². The van der Waals surface area contributed by atoms with E-state index in [4.69, 9.17) is 5.11 Å². The Hall–Kier alpha value is -2.64. The van der Waals surface area contributed by atoms with Gasteiger partial charge in [0.1, 0.15) is 0 Å². The van der Waals surface area contributed by atoms with Crippen LogP contribution >= 0.6 is 0 Å². The lowest BCUT2D eigenvalue weighted by Crippen LogP contribution is -2.12. The molecule has 2 N–H and O–H groups in total. The number of carbonyl (C=O) groups is 1. The fraction of sp³-hybridized carbons (Fsp3) is 0.176. The fourth-order valence-corrected chi connectivity index (χ4v) is 1.80. The highest BCUT2D eigenvalue weighted by atomic mass is 16.2. The van der Waals surface area contributed by atoms with E-state index in [0.717, 1.165) is 11.1 Å². The van der Waals surface area contributed by atoms with E-state index in [1.54, 1.807) is 36.7 Å². The molecule has 1 amide bonds. The highest BCUT2D eigenvalue weighted by Crippen LogP contribution is 2.12. The largest absolute Gasteiger partial charge is 0.395 e. The predicted molar refractivity (Wildman–Crippen MR) is 82.0 cm³/mol. The second-order valence-corrected chi connectivity index (χ2v) is 4.50. The number of carbonyl (C=O) groups excluding carboxylic acids is 1. The maximum absolute atomic E-state index is 12.1. The van der Waals surface area contributed by atoms with E-state index in [9.17, 15) is 4.79 Å². The number of aryl methyl sites for hydroxylation is 1. The number of hydrogen-bond acceptors (Lipinski definition) is 3. The zero-order chi connectivity index (χ0) is 15.1. The van der Waals surface area contributed by atoms with Crippen molar-refractivity contribution >= 4 is 11.6 Å². The van der Waals surface area contributed by atoms with Crippen molar-refractivity contribution < 1.29 is 9.90 Å². The Morgan fingerprint density at radius 2 is 2.24 bits per heavy atom. The number of amides is 1. The van der Waals surface area contributed by atoms with Gasteiger partial charge in [0.25, 0.3) is 5.91 Å². The molecule has 106 valence electrons. The molecule has 4 nitrogen and oxygen atoms in total. The summed E-state index contributed by atoms with van der Waals surface area (Å²) in [5.41, 5.74) is 3.02. The molecule has 0 fully saturated rings. The van der Waals surface area contributed by atoms with Crippen LogP contribution in [0.25, 0.3) is 0 Å². The third-order valence-electron chi connectivity index (χ3n) is 2.87. The average molecular weight is 280 g/mol. The zero-order valence-corrected chi connectivity index (χ0v) is 11.8. The molecular formula is C17H16N2O2. The molecule has 0 unspecified atom stereocenters. The topological polar surface area (TPSA) is 62.2 Å². The maximum Gasteiger partial charge on any atom is 0.255 e. The molecule has 1 aromatic carbocycles. The summed E-state index contributed by atoms with van der Waals surface area (Å²) >= 11 is 0. The minimum Gasteiger partial charge on any atom is -0.395 e. The smallest absolute Gasteiger partial charge is 0.255 e. The molecule has 0 saturated carbocycles. The van der Waals surface area contributed by atoms with Crippen LogP contribution in [0.5, 0.6) is 0 Å². The molecule has 0 spiro atoms. The third-order valence-corrected chi connectivity index (χ3v) is 2.87. The Morgan fingerprint density at radius 1 is 1.38 bits per heavy atom. The molecule has 1 aromatic heterocycles. The van der Waals surface area contributed by atoms with Crippen molar-refractivity contribution in [3.05, 3.63) is 59.4 Å².